The molecule has 0 saturated carbocycles. The van der Waals surface area contributed by atoms with Crippen LogP contribution in [0, 0.1) is 10.8 Å². The van der Waals surface area contributed by atoms with E-state index in [0.717, 1.165) is 5.56 Å². The second-order valence-corrected chi connectivity index (χ2v) is 8.20. The van der Waals surface area contributed by atoms with Crippen molar-refractivity contribution in [1.29, 1.82) is 0 Å². The SMILES string of the molecule is CC(CO)(CO)C(=O)Oc1cc(/C=C/c2ccc(O)cc2)cc(OC(=O)C(C)(CO)CO)c1. The zero-order valence-corrected chi connectivity index (χ0v) is 18.4. The Bertz CT molecular complexity index is 937. The summed E-state index contributed by atoms with van der Waals surface area (Å²) >= 11 is 0. The van der Waals surface area contributed by atoms with E-state index < -0.39 is 49.2 Å². The van der Waals surface area contributed by atoms with E-state index in [0.29, 0.717) is 5.56 Å². The summed E-state index contributed by atoms with van der Waals surface area (Å²) in [5, 5.41) is 47.1. The van der Waals surface area contributed by atoms with E-state index in [4.69, 9.17) is 9.47 Å². The number of benzene rings is 2. The lowest BCUT2D eigenvalue weighted by Gasteiger charge is -2.23. The number of phenols is 1. The summed E-state index contributed by atoms with van der Waals surface area (Å²) in [5.74, 6) is -1.70. The Morgan fingerprint density at radius 2 is 1.12 bits per heavy atom. The second-order valence-electron chi connectivity index (χ2n) is 8.20. The van der Waals surface area contributed by atoms with Crippen molar-refractivity contribution in [2.45, 2.75) is 13.8 Å². The van der Waals surface area contributed by atoms with Crippen LogP contribution in [0.3, 0.4) is 0 Å². The van der Waals surface area contributed by atoms with Crippen molar-refractivity contribution in [3.63, 3.8) is 0 Å². The number of aliphatic hydroxyl groups excluding tert-OH is 4. The van der Waals surface area contributed by atoms with Gasteiger partial charge < -0.3 is 35.0 Å². The maximum atomic E-state index is 12.4. The number of ether oxygens (including phenoxy) is 2. The highest BCUT2D eigenvalue weighted by molar-refractivity contribution is 5.81. The van der Waals surface area contributed by atoms with Gasteiger partial charge in [0.25, 0.3) is 0 Å². The number of aliphatic hydroxyl groups is 4. The average Bonchev–Trinajstić information content (AvgIpc) is 2.82. The van der Waals surface area contributed by atoms with Gasteiger partial charge in [0.15, 0.2) is 0 Å². The number of rotatable bonds is 10. The maximum Gasteiger partial charge on any atom is 0.321 e. The van der Waals surface area contributed by atoms with Gasteiger partial charge in [-0.05, 0) is 49.2 Å². The van der Waals surface area contributed by atoms with Gasteiger partial charge in [-0.1, -0.05) is 24.3 Å². The third-order valence-corrected chi connectivity index (χ3v) is 5.07. The Balaban J connectivity index is 2.40. The third kappa shape index (κ3) is 6.62. The summed E-state index contributed by atoms with van der Waals surface area (Å²) < 4.78 is 10.6. The standard InChI is InChI=1S/C24H28O9/c1-23(12-25,13-26)21(30)32-19-9-17(4-3-16-5-7-18(29)8-6-16)10-20(11-19)33-22(31)24(2,14-27)15-28/h3-11,25-29H,12-15H2,1-2H3/b4-3+. The Kier molecular flexibility index (Phi) is 8.72. The minimum absolute atomic E-state index is 0.0153. The molecule has 0 saturated heterocycles. The summed E-state index contributed by atoms with van der Waals surface area (Å²) in [7, 11) is 0. The molecule has 0 atom stereocenters. The molecule has 0 aliphatic heterocycles. The number of aromatic hydroxyl groups is 1. The molecule has 5 N–H and O–H groups in total. The maximum absolute atomic E-state index is 12.4. The van der Waals surface area contributed by atoms with Gasteiger partial charge in [0.1, 0.15) is 28.1 Å². The molecule has 0 fully saturated rings. The van der Waals surface area contributed by atoms with Gasteiger partial charge in [0.2, 0.25) is 0 Å². The van der Waals surface area contributed by atoms with Gasteiger partial charge >= 0.3 is 11.9 Å². The molecule has 0 unspecified atom stereocenters. The predicted octanol–water partition coefficient (Wildman–Crippen LogP) is 1.36. The number of esters is 2. The van der Waals surface area contributed by atoms with Crippen LogP contribution in [-0.4, -0.2) is 63.9 Å². The monoisotopic (exact) mass is 460 g/mol. The van der Waals surface area contributed by atoms with Crippen molar-refractivity contribution < 1.29 is 44.6 Å². The highest BCUT2D eigenvalue weighted by Gasteiger charge is 2.35. The van der Waals surface area contributed by atoms with Crippen LogP contribution >= 0.6 is 0 Å². The third-order valence-electron chi connectivity index (χ3n) is 5.07. The first-order valence-corrected chi connectivity index (χ1v) is 10.1. The largest absolute Gasteiger partial charge is 0.508 e. The van der Waals surface area contributed by atoms with Gasteiger partial charge in [-0.25, -0.2) is 0 Å². The van der Waals surface area contributed by atoms with Crippen molar-refractivity contribution >= 4 is 24.1 Å². The molecule has 0 aliphatic carbocycles. The molecule has 0 heterocycles. The highest BCUT2D eigenvalue weighted by atomic mass is 16.6. The molecule has 0 spiro atoms. The lowest BCUT2D eigenvalue weighted by atomic mass is 9.93. The minimum atomic E-state index is -1.54. The summed E-state index contributed by atoms with van der Waals surface area (Å²) in [5.41, 5.74) is -1.85. The van der Waals surface area contributed by atoms with Crippen LogP contribution in [0.25, 0.3) is 12.2 Å². The molecular formula is C24H28O9. The van der Waals surface area contributed by atoms with Crippen molar-refractivity contribution in [1.82, 2.24) is 0 Å². The molecule has 0 radical (unpaired) electrons. The van der Waals surface area contributed by atoms with E-state index in [9.17, 15) is 35.1 Å². The molecule has 0 aliphatic rings. The topological polar surface area (TPSA) is 154 Å². The van der Waals surface area contributed by atoms with Crippen molar-refractivity contribution in [2.75, 3.05) is 26.4 Å². The van der Waals surface area contributed by atoms with E-state index in [1.54, 1.807) is 24.3 Å². The molecule has 2 aromatic rings. The van der Waals surface area contributed by atoms with Gasteiger partial charge in [-0.3, -0.25) is 9.59 Å². The van der Waals surface area contributed by atoms with Crippen LogP contribution in [0.1, 0.15) is 25.0 Å². The number of hydrogen-bond acceptors (Lipinski definition) is 9. The van der Waals surface area contributed by atoms with Crippen LogP contribution in [0.5, 0.6) is 17.2 Å². The number of hydrogen-bond donors (Lipinski definition) is 5. The average molecular weight is 460 g/mol. The lowest BCUT2D eigenvalue weighted by Crippen LogP contribution is -2.39. The lowest BCUT2D eigenvalue weighted by molar-refractivity contribution is -0.150. The van der Waals surface area contributed by atoms with Gasteiger partial charge in [0.05, 0.1) is 26.4 Å². The van der Waals surface area contributed by atoms with E-state index in [-0.39, 0.29) is 17.2 Å². The van der Waals surface area contributed by atoms with Gasteiger partial charge in [0, 0.05) is 6.07 Å². The Hall–Kier alpha value is -3.24. The zero-order valence-electron chi connectivity index (χ0n) is 18.4. The van der Waals surface area contributed by atoms with E-state index in [1.807, 2.05) is 0 Å². The summed E-state index contributed by atoms with van der Waals surface area (Å²) in [6.07, 6.45) is 3.36. The minimum Gasteiger partial charge on any atom is -0.508 e. The predicted molar refractivity (Wildman–Crippen MR) is 119 cm³/mol. The fraction of sp³-hybridized carbons (Fsp3) is 0.333. The Morgan fingerprint density at radius 3 is 1.52 bits per heavy atom. The Labute approximate surface area is 191 Å². The quantitative estimate of drug-likeness (QED) is 0.201. The second kappa shape index (κ2) is 11.1. The number of carbonyl (C=O) groups is 2. The molecule has 33 heavy (non-hydrogen) atoms. The van der Waals surface area contributed by atoms with Crippen LogP contribution in [-0.2, 0) is 9.59 Å². The first-order valence-electron chi connectivity index (χ1n) is 10.1. The zero-order chi connectivity index (χ0) is 24.6. The Morgan fingerprint density at radius 1 is 0.727 bits per heavy atom. The van der Waals surface area contributed by atoms with Crippen LogP contribution in [0.4, 0.5) is 0 Å². The molecule has 9 nitrogen and oxygen atoms in total. The number of carbonyl (C=O) groups excluding carboxylic acids is 2. The molecule has 0 aromatic heterocycles. The van der Waals surface area contributed by atoms with Crippen molar-refractivity contribution in [3.05, 3.63) is 53.6 Å². The van der Waals surface area contributed by atoms with Crippen LogP contribution in [0.15, 0.2) is 42.5 Å². The molecule has 9 heteroatoms. The fourth-order valence-corrected chi connectivity index (χ4v) is 2.40. The highest BCUT2D eigenvalue weighted by Crippen LogP contribution is 2.29. The van der Waals surface area contributed by atoms with Crippen LogP contribution < -0.4 is 9.47 Å². The van der Waals surface area contributed by atoms with Gasteiger partial charge in [-0.15, -0.1) is 0 Å². The summed E-state index contributed by atoms with van der Waals surface area (Å²) in [6, 6.07) is 10.6. The fourth-order valence-electron chi connectivity index (χ4n) is 2.40. The molecular weight excluding hydrogens is 432 g/mol. The summed E-state index contributed by atoms with van der Waals surface area (Å²) in [4.78, 5) is 24.9. The van der Waals surface area contributed by atoms with E-state index >= 15 is 0 Å². The van der Waals surface area contributed by atoms with E-state index in [2.05, 4.69) is 0 Å². The van der Waals surface area contributed by atoms with Crippen molar-refractivity contribution in [3.8, 4) is 17.2 Å². The molecule has 2 aromatic carbocycles. The van der Waals surface area contributed by atoms with Crippen LogP contribution in [0.2, 0.25) is 0 Å². The normalized spacial score (nSPS) is 12.1. The van der Waals surface area contributed by atoms with Crippen molar-refractivity contribution in [2.24, 2.45) is 10.8 Å². The molecule has 2 rings (SSSR count). The first-order chi connectivity index (χ1) is 15.6. The smallest absolute Gasteiger partial charge is 0.321 e. The molecule has 0 amide bonds. The number of phenolic OH excluding ortho intramolecular Hbond substituents is 1. The van der Waals surface area contributed by atoms with E-state index in [1.165, 1.54) is 44.2 Å². The molecule has 0 bridgehead atoms. The first kappa shape index (κ1) is 26.0. The molecule has 178 valence electrons. The summed E-state index contributed by atoms with van der Waals surface area (Å²) in [6.45, 7) is 0.0927. The van der Waals surface area contributed by atoms with Gasteiger partial charge in [-0.2, -0.15) is 0 Å².